The van der Waals surface area contributed by atoms with Crippen LogP contribution < -0.4 is 21.1 Å². The number of nitrogens with two attached hydrogens (primary N) is 1. The van der Waals surface area contributed by atoms with E-state index in [1.54, 1.807) is 53.4 Å². The Kier molecular flexibility index (Phi) is 20.3. The van der Waals surface area contributed by atoms with Gasteiger partial charge in [0.25, 0.3) is 0 Å². The first kappa shape index (κ1) is 58.6. The molecule has 1 saturated heterocycles. The predicted molar refractivity (Wildman–Crippen MR) is 281 cm³/mol. The second-order valence-corrected chi connectivity index (χ2v) is 21.5. The van der Waals surface area contributed by atoms with Crippen molar-refractivity contribution in [2.75, 3.05) is 59.1 Å². The van der Waals surface area contributed by atoms with Crippen molar-refractivity contribution < 1.29 is 54.9 Å². The third-order valence-electron chi connectivity index (χ3n) is 13.1. The zero-order valence-corrected chi connectivity index (χ0v) is 44.3. The van der Waals surface area contributed by atoms with Gasteiger partial charge in [-0.25, -0.2) is 27.2 Å². The normalized spacial score (nSPS) is 15.0. The number of nitriles is 1. The van der Waals surface area contributed by atoms with Crippen molar-refractivity contribution in [1.82, 2.24) is 19.8 Å². The number of benzene rings is 4. The molecule has 1 fully saturated rings. The summed E-state index contributed by atoms with van der Waals surface area (Å²) in [6.07, 6.45) is 4.23. The quantitative estimate of drug-likeness (QED) is 0.00935. The predicted octanol–water partition coefficient (Wildman–Crippen LogP) is 8.42. The number of amides is 1. The highest BCUT2D eigenvalue weighted by atomic mass is 32.2. The fraction of sp³-hybridized carbons (Fsp3) is 0.436. The van der Waals surface area contributed by atoms with E-state index in [2.05, 4.69) is 26.4 Å². The molecule has 21 heteroatoms. The van der Waals surface area contributed by atoms with Crippen molar-refractivity contribution in [3.63, 3.8) is 0 Å². The molecule has 76 heavy (non-hydrogen) atoms. The van der Waals surface area contributed by atoms with Crippen molar-refractivity contribution in [3.8, 4) is 22.9 Å². The van der Waals surface area contributed by atoms with Gasteiger partial charge >= 0.3 is 5.97 Å². The molecule has 2 aliphatic heterocycles. The maximum atomic E-state index is 14.2. The van der Waals surface area contributed by atoms with Crippen LogP contribution in [0.1, 0.15) is 90.7 Å². The number of guanidine groups is 1. The highest BCUT2D eigenvalue weighted by Gasteiger charge is 2.36. The molecule has 0 aliphatic carbocycles. The molecule has 1 amide bonds. The molecule has 2 aliphatic rings. The molecule has 4 aromatic carbocycles. The summed E-state index contributed by atoms with van der Waals surface area (Å²) >= 11 is 0. The Labute approximate surface area is 441 Å². The highest BCUT2D eigenvalue weighted by Crippen LogP contribution is 2.35. The van der Waals surface area contributed by atoms with Gasteiger partial charge in [-0.05, 0) is 106 Å². The number of aliphatic imine (C=N–C) groups is 2. The van der Waals surface area contributed by atoms with Gasteiger partial charge in [-0.3, -0.25) is 9.59 Å². The number of hydrogen-bond acceptors (Lipinski definition) is 12. The molecule has 5 N–H and O–H groups in total. The summed E-state index contributed by atoms with van der Waals surface area (Å²) in [7, 11) is -3.73. The Morgan fingerprint density at radius 1 is 0.921 bits per heavy atom. The Hall–Kier alpha value is -6.70. The maximum Gasteiger partial charge on any atom is 0.313 e. The molecule has 0 aromatic heterocycles. The molecular formula is C55H66F4N8O8S. The largest absolute Gasteiger partial charge is 0.420 e. The third kappa shape index (κ3) is 15.7. The summed E-state index contributed by atoms with van der Waals surface area (Å²) in [5, 5.41) is 25.6. The Balaban J connectivity index is 1.02. The smallest absolute Gasteiger partial charge is 0.313 e. The van der Waals surface area contributed by atoms with E-state index in [9.17, 15) is 45.9 Å². The first-order valence-electron chi connectivity index (χ1n) is 25.2. The first-order valence-corrected chi connectivity index (χ1v) is 26.7. The van der Waals surface area contributed by atoms with E-state index < -0.39 is 62.6 Å². The average molecular weight is 1080 g/mol. The van der Waals surface area contributed by atoms with Crippen LogP contribution in [0.4, 0.5) is 28.9 Å². The van der Waals surface area contributed by atoms with Crippen LogP contribution in [0.25, 0.3) is 17.2 Å². The molecule has 0 spiro atoms. The van der Waals surface area contributed by atoms with Crippen molar-refractivity contribution in [2.24, 2.45) is 21.6 Å². The molecule has 6 rings (SSSR count). The van der Waals surface area contributed by atoms with Crippen LogP contribution in [0.5, 0.6) is 5.75 Å². The minimum absolute atomic E-state index is 0.0213. The number of carbonyl (C=O) groups is 2. The monoisotopic (exact) mass is 1070 g/mol. The molecule has 4 aromatic rings. The van der Waals surface area contributed by atoms with Crippen LogP contribution in [0.3, 0.4) is 0 Å². The van der Waals surface area contributed by atoms with Gasteiger partial charge in [0, 0.05) is 75.4 Å². The second-order valence-electron chi connectivity index (χ2n) is 19.5. The molecule has 0 saturated carbocycles. The number of aliphatic hydroxyl groups excluding tert-OH is 1. The van der Waals surface area contributed by atoms with E-state index in [4.69, 9.17) is 20.2 Å². The SMILES string of the molecule is CCCN(CCCN/C(=N/c1cccc(C#N)c1)NCCC(C)(C)OCCC(C)(CC)OCCC(=O)Oc1c(F)c(F)cc(F)c1F)C(=O)C1=Cc2ccc(-c3cccc(S(=O)(=O)N4CC(CO)C4)c3)cc2N=C(N)C1. The number of aliphatic hydroxyl groups is 1. The van der Waals surface area contributed by atoms with Gasteiger partial charge in [-0.1, -0.05) is 44.2 Å². The topological polar surface area (TPSA) is 221 Å². The van der Waals surface area contributed by atoms with Crippen molar-refractivity contribution >= 4 is 51.1 Å². The highest BCUT2D eigenvalue weighted by molar-refractivity contribution is 7.89. The average Bonchev–Trinajstić information content (AvgIpc) is 3.54. The summed E-state index contributed by atoms with van der Waals surface area (Å²) < 4.78 is 99.9. The van der Waals surface area contributed by atoms with Crippen LogP contribution in [0.15, 0.2) is 93.2 Å². The number of amidine groups is 1. The Bertz CT molecular complexity index is 2950. The number of ether oxygens (including phenoxy) is 3. The number of esters is 1. The van der Waals surface area contributed by atoms with E-state index in [0.29, 0.717) is 97.9 Å². The number of sulfonamides is 1. The summed E-state index contributed by atoms with van der Waals surface area (Å²) in [6, 6.07) is 21.2. The van der Waals surface area contributed by atoms with Crippen molar-refractivity contribution in [1.29, 1.82) is 5.26 Å². The van der Waals surface area contributed by atoms with Crippen LogP contribution in [-0.4, -0.2) is 117 Å². The van der Waals surface area contributed by atoms with Gasteiger partial charge < -0.3 is 40.6 Å². The summed E-state index contributed by atoms with van der Waals surface area (Å²) in [6.45, 7) is 11.9. The molecule has 1 unspecified atom stereocenters. The summed E-state index contributed by atoms with van der Waals surface area (Å²) in [5.74, 6) is -9.14. The Morgan fingerprint density at radius 2 is 1.63 bits per heavy atom. The van der Waals surface area contributed by atoms with Crippen LogP contribution in [0, 0.1) is 40.5 Å². The van der Waals surface area contributed by atoms with Gasteiger partial charge in [0.1, 0.15) is 5.84 Å². The molecule has 1 atom stereocenters. The van der Waals surface area contributed by atoms with Gasteiger partial charge in [0.15, 0.2) is 17.6 Å². The van der Waals surface area contributed by atoms with E-state index in [-0.39, 0.29) is 68.0 Å². The maximum absolute atomic E-state index is 14.2. The lowest BCUT2D eigenvalue weighted by molar-refractivity contribution is -0.138. The minimum Gasteiger partial charge on any atom is -0.420 e. The van der Waals surface area contributed by atoms with Gasteiger partial charge in [-0.15, -0.1) is 0 Å². The van der Waals surface area contributed by atoms with E-state index >= 15 is 0 Å². The molecule has 0 bridgehead atoms. The number of nitrogens with one attached hydrogen (secondary N) is 2. The van der Waals surface area contributed by atoms with Gasteiger partial charge in [0.05, 0.1) is 58.7 Å². The molecule has 0 radical (unpaired) electrons. The molecule has 408 valence electrons. The van der Waals surface area contributed by atoms with Crippen LogP contribution >= 0.6 is 0 Å². The standard InChI is InChI=1S/C55H66F4N8O8S/c1-6-22-66(52(70)41-27-40-16-15-39(29-46(40)65-47(61)30-41)38-12-9-14-43(28-38)76(71,72)67-33-37(34-67)35-68)23-10-20-62-53(64-42-13-8-11-36(26-42)32-60)63-21-18-54(3,4)73-25-19-55(5,7-2)74-24-17-48(69)75-51-49(58)44(56)31-45(57)50(51)59/h8-9,11-16,26-29,31,37,68H,6-7,10,17-25,30,33-35H2,1-5H3,(H2,61,65)(H2,62,63,64). The lowest BCUT2D eigenvalue weighted by atomic mass is 9.98. The number of nitrogens with zero attached hydrogens (tertiary/aromatic N) is 5. The van der Waals surface area contributed by atoms with Crippen molar-refractivity contribution in [2.45, 2.75) is 95.7 Å². The lowest BCUT2D eigenvalue weighted by Crippen LogP contribution is -2.51. The lowest BCUT2D eigenvalue weighted by Gasteiger charge is -2.36. The zero-order valence-electron chi connectivity index (χ0n) is 43.4. The molecule has 2 heterocycles. The molecule has 16 nitrogen and oxygen atoms in total. The number of halogens is 4. The summed E-state index contributed by atoms with van der Waals surface area (Å²) in [4.78, 5) is 37.9. The fourth-order valence-corrected chi connectivity index (χ4v) is 9.98. The summed E-state index contributed by atoms with van der Waals surface area (Å²) in [5.41, 5.74) is 9.16. The first-order chi connectivity index (χ1) is 36.2. The fourth-order valence-electron chi connectivity index (χ4n) is 8.34. The van der Waals surface area contributed by atoms with Gasteiger partial charge in [0.2, 0.25) is 33.3 Å². The second kappa shape index (κ2) is 26.4. The molecular weight excluding hydrogens is 1010 g/mol. The minimum atomic E-state index is -3.73. The van der Waals surface area contributed by atoms with Crippen LogP contribution in [-0.2, 0) is 29.1 Å². The Morgan fingerprint density at radius 3 is 2.33 bits per heavy atom. The van der Waals surface area contributed by atoms with E-state index in [1.165, 1.54) is 4.31 Å². The van der Waals surface area contributed by atoms with Crippen LogP contribution in [0.2, 0.25) is 0 Å². The van der Waals surface area contributed by atoms with Crippen molar-refractivity contribution in [3.05, 3.63) is 113 Å². The van der Waals surface area contributed by atoms with Gasteiger partial charge in [-0.2, -0.15) is 18.3 Å². The van der Waals surface area contributed by atoms with E-state index in [0.717, 1.165) is 5.56 Å². The number of rotatable bonds is 25. The zero-order chi connectivity index (χ0) is 55.2. The van der Waals surface area contributed by atoms with E-state index in [1.807, 2.05) is 58.9 Å². The number of carbonyl (C=O) groups excluding carboxylic acids is 2. The third-order valence-corrected chi connectivity index (χ3v) is 14.9. The number of fused-ring (bicyclic) bond motifs is 1. The number of hydrogen-bond donors (Lipinski definition) is 4.